The maximum atomic E-state index is 13.3. The van der Waals surface area contributed by atoms with Gasteiger partial charge in [-0.2, -0.15) is 9.40 Å². The highest BCUT2D eigenvalue weighted by Crippen LogP contribution is 2.28. The molecule has 2 saturated heterocycles. The van der Waals surface area contributed by atoms with E-state index in [-0.39, 0.29) is 22.4 Å². The zero-order valence-electron chi connectivity index (χ0n) is 19.7. The fourth-order valence-corrected chi connectivity index (χ4v) is 6.49. The minimum atomic E-state index is -3.52. The Balaban J connectivity index is 1.36. The van der Waals surface area contributed by atoms with Gasteiger partial charge in [0.15, 0.2) is 0 Å². The molecule has 0 spiro atoms. The molecule has 0 saturated carbocycles. The molecule has 2 aliphatic heterocycles. The molecule has 35 heavy (non-hydrogen) atoms. The number of amides is 1. The highest BCUT2D eigenvalue weighted by atomic mass is 32.2. The van der Waals surface area contributed by atoms with Crippen LogP contribution in [0, 0.1) is 0 Å². The predicted octanol–water partition coefficient (Wildman–Crippen LogP) is 2.38. The van der Waals surface area contributed by atoms with Crippen LogP contribution in [-0.4, -0.2) is 64.1 Å². The number of aromatic nitrogens is 3. The summed E-state index contributed by atoms with van der Waals surface area (Å²) in [4.78, 5) is 28.1. The van der Waals surface area contributed by atoms with Crippen LogP contribution in [0.15, 0.2) is 64.3 Å². The maximum Gasteiger partial charge on any atom is 0.350 e. The first kappa shape index (κ1) is 23.5. The van der Waals surface area contributed by atoms with Crippen molar-refractivity contribution in [2.45, 2.75) is 36.5 Å². The molecule has 9 nitrogen and oxygen atoms in total. The van der Waals surface area contributed by atoms with E-state index in [1.165, 1.54) is 21.1 Å². The first-order valence-corrected chi connectivity index (χ1v) is 13.4. The number of hydrogen-bond acceptors (Lipinski definition) is 5. The lowest BCUT2D eigenvalue weighted by Gasteiger charge is -2.32. The number of nitrogens with zero attached hydrogens (tertiary/aromatic N) is 5. The Kier molecular flexibility index (Phi) is 6.33. The maximum absolute atomic E-state index is 13.3. The van der Waals surface area contributed by atoms with Crippen LogP contribution < -0.4 is 5.69 Å². The zero-order valence-corrected chi connectivity index (χ0v) is 20.5. The summed E-state index contributed by atoms with van der Waals surface area (Å²) in [6.45, 7) is 2.13. The number of aryl methyl sites for hydroxylation is 1. The van der Waals surface area contributed by atoms with E-state index < -0.39 is 10.0 Å². The van der Waals surface area contributed by atoms with E-state index in [9.17, 15) is 18.0 Å². The normalized spacial score (nSPS) is 19.2. The summed E-state index contributed by atoms with van der Waals surface area (Å²) in [6, 6.07) is 15.6. The van der Waals surface area contributed by atoms with Gasteiger partial charge in [-0.05, 0) is 62.1 Å². The Morgan fingerprint density at radius 3 is 2.31 bits per heavy atom. The van der Waals surface area contributed by atoms with Gasteiger partial charge in [0.25, 0.3) is 5.91 Å². The molecule has 5 rings (SSSR count). The Labute approximate surface area is 204 Å². The average Bonchev–Trinajstić information content (AvgIpc) is 3.54. The number of hydrogen-bond donors (Lipinski definition) is 0. The van der Waals surface area contributed by atoms with Crippen molar-refractivity contribution in [3.8, 4) is 5.69 Å². The van der Waals surface area contributed by atoms with Crippen molar-refractivity contribution in [1.29, 1.82) is 0 Å². The third-order valence-corrected chi connectivity index (χ3v) is 8.75. The molecule has 2 aromatic carbocycles. The third kappa shape index (κ3) is 4.43. The number of sulfonamides is 1. The molecule has 3 heterocycles. The highest BCUT2D eigenvalue weighted by molar-refractivity contribution is 7.89. The van der Waals surface area contributed by atoms with Crippen molar-refractivity contribution in [1.82, 2.24) is 23.6 Å². The lowest BCUT2D eigenvalue weighted by atomic mass is 9.96. The molecular formula is C25H29N5O4S. The van der Waals surface area contributed by atoms with E-state index in [0.717, 1.165) is 31.4 Å². The van der Waals surface area contributed by atoms with Crippen LogP contribution in [0.3, 0.4) is 0 Å². The first-order chi connectivity index (χ1) is 16.9. The van der Waals surface area contributed by atoms with Gasteiger partial charge in [0.05, 0.1) is 10.6 Å². The molecule has 3 aromatic rings. The molecule has 1 atom stereocenters. The smallest absolute Gasteiger partial charge is 0.338 e. The number of carbonyl (C=O) groups is 1. The highest BCUT2D eigenvalue weighted by Gasteiger charge is 2.31. The van der Waals surface area contributed by atoms with E-state index in [1.807, 2.05) is 30.3 Å². The van der Waals surface area contributed by atoms with E-state index in [0.29, 0.717) is 37.6 Å². The first-order valence-electron chi connectivity index (χ1n) is 12.0. The van der Waals surface area contributed by atoms with E-state index in [4.69, 9.17) is 0 Å². The summed E-state index contributed by atoms with van der Waals surface area (Å²) < 4.78 is 30.0. The summed E-state index contributed by atoms with van der Waals surface area (Å²) in [6.07, 6.45) is 3.36. The van der Waals surface area contributed by atoms with Gasteiger partial charge < -0.3 is 4.90 Å². The number of piperidine rings is 1. The minimum Gasteiger partial charge on any atom is -0.338 e. The second kappa shape index (κ2) is 9.43. The number of benzene rings is 2. The third-order valence-electron chi connectivity index (χ3n) is 6.84. The average molecular weight is 496 g/mol. The van der Waals surface area contributed by atoms with Crippen LogP contribution in [0.2, 0.25) is 0 Å². The monoisotopic (exact) mass is 495 g/mol. The van der Waals surface area contributed by atoms with E-state index >= 15 is 0 Å². The van der Waals surface area contributed by atoms with Crippen LogP contribution in [0.5, 0.6) is 0 Å². The molecule has 0 N–H and O–H groups in total. The molecule has 2 fully saturated rings. The Morgan fingerprint density at radius 1 is 0.943 bits per heavy atom. The van der Waals surface area contributed by atoms with Crippen molar-refractivity contribution < 1.29 is 13.2 Å². The fourth-order valence-electron chi connectivity index (χ4n) is 4.97. The Bertz CT molecular complexity index is 1370. The number of carbonyl (C=O) groups excluding carboxylic acids is 1. The standard InChI is InChI=1S/C25H29N5O4S/c1-27-25(32)30(21-9-3-2-4-10-21)23(26-27)20-8-7-15-28(18-20)24(31)19-11-13-22(14-12-19)35(33,34)29-16-5-6-17-29/h2-4,9-14,20H,5-8,15-18H2,1H3. The quantitative estimate of drug-likeness (QED) is 0.541. The molecule has 0 aliphatic carbocycles. The largest absolute Gasteiger partial charge is 0.350 e. The van der Waals surface area contributed by atoms with Crippen LogP contribution in [0.25, 0.3) is 5.69 Å². The molecule has 1 unspecified atom stereocenters. The molecule has 1 aromatic heterocycles. The van der Waals surface area contributed by atoms with Crippen LogP contribution >= 0.6 is 0 Å². The minimum absolute atomic E-state index is 0.0865. The van der Waals surface area contributed by atoms with Crippen LogP contribution in [0.4, 0.5) is 0 Å². The zero-order chi connectivity index (χ0) is 24.6. The van der Waals surface area contributed by atoms with Gasteiger partial charge in [-0.1, -0.05) is 18.2 Å². The molecular weight excluding hydrogens is 466 g/mol. The lowest BCUT2D eigenvalue weighted by Crippen LogP contribution is -2.40. The summed E-state index contributed by atoms with van der Waals surface area (Å²) in [5, 5.41) is 4.51. The molecule has 1 amide bonds. The predicted molar refractivity (Wildman–Crippen MR) is 131 cm³/mol. The van der Waals surface area contributed by atoms with Crippen molar-refractivity contribution in [3.05, 3.63) is 76.5 Å². The second-order valence-electron chi connectivity index (χ2n) is 9.16. The number of likely N-dealkylation sites (tertiary alicyclic amines) is 1. The van der Waals surface area contributed by atoms with Gasteiger partial charge in [-0.15, -0.1) is 0 Å². The van der Waals surface area contributed by atoms with Gasteiger partial charge in [0.2, 0.25) is 10.0 Å². The summed E-state index contributed by atoms with van der Waals surface area (Å²) in [5.41, 5.74) is 0.982. The van der Waals surface area contributed by atoms with Crippen molar-refractivity contribution in [2.24, 2.45) is 7.05 Å². The van der Waals surface area contributed by atoms with E-state index in [1.54, 1.807) is 28.6 Å². The van der Waals surface area contributed by atoms with Crippen LogP contribution in [0.1, 0.15) is 47.8 Å². The Hall–Kier alpha value is -3.24. The molecule has 2 aliphatic rings. The SMILES string of the molecule is Cn1nc(C2CCCN(C(=O)c3ccc(S(=O)(=O)N4CCCC4)cc3)C2)n(-c2ccccc2)c1=O. The van der Waals surface area contributed by atoms with Gasteiger partial charge in [-0.3, -0.25) is 4.79 Å². The van der Waals surface area contributed by atoms with Gasteiger partial charge in [-0.25, -0.2) is 22.5 Å². The molecule has 184 valence electrons. The number of para-hydroxylation sites is 1. The van der Waals surface area contributed by atoms with Gasteiger partial charge >= 0.3 is 5.69 Å². The summed E-state index contributed by atoms with van der Waals surface area (Å²) in [7, 11) is -1.88. The fraction of sp³-hybridized carbons (Fsp3) is 0.400. The molecule has 0 radical (unpaired) electrons. The second-order valence-corrected chi connectivity index (χ2v) is 11.1. The molecule has 10 heteroatoms. The summed E-state index contributed by atoms with van der Waals surface area (Å²) >= 11 is 0. The molecule has 0 bridgehead atoms. The lowest BCUT2D eigenvalue weighted by molar-refractivity contribution is 0.0703. The topological polar surface area (TPSA) is 97.5 Å². The van der Waals surface area contributed by atoms with Gasteiger partial charge in [0.1, 0.15) is 5.82 Å². The van der Waals surface area contributed by atoms with Crippen LogP contribution in [-0.2, 0) is 17.1 Å². The van der Waals surface area contributed by atoms with Crippen molar-refractivity contribution in [2.75, 3.05) is 26.2 Å². The van der Waals surface area contributed by atoms with E-state index in [2.05, 4.69) is 5.10 Å². The van der Waals surface area contributed by atoms with Gasteiger partial charge in [0, 0.05) is 44.7 Å². The Morgan fingerprint density at radius 2 is 1.63 bits per heavy atom. The van der Waals surface area contributed by atoms with Crippen molar-refractivity contribution >= 4 is 15.9 Å². The number of rotatable bonds is 5. The van der Waals surface area contributed by atoms with Crippen molar-refractivity contribution in [3.63, 3.8) is 0 Å². The summed E-state index contributed by atoms with van der Waals surface area (Å²) in [5.74, 6) is 0.411.